The summed E-state index contributed by atoms with van der Waals surface area (Å²) in [5.41, 5.74) is 1.20. The summed E-state index contributed by atoms with van der Waals surface area (Å²) in [6, 6.07) is 10.6. The van der Waals surface area contributed by atoms with Gasteiger partial charge in [-0.15, -0.1) is 0 Å². The molecule has 0 heterocycles. The van der Waals surface area contributed by atoms with E-state index in [2.05, 4.69) is 4.74 Å². The number of nitrogens with zero attached hydrogens (tertiary/aromatic N) is 1. The third-order valence-corrected chi connectivity index (χ3v) is 3.07. The summed E-state index contributed by atoms with van der Waals surface area (Å²) in [5.74, 6) is -0.490. The van der Waals surface area contributed by atoms with Crippen LogP contribution in [0.5, 0.6) is 5.75 Å². The van der Waals surface area contributed by atoms with Gasteiger partial charge in [0.1, 0.15) is 0 Å². The van der Waals surface area contributed by atoms with Crippen LogP contribution in [0.3, 0.4) is 0 Å². The van der Waals surface area contributed by atoms with Crippen LogP contribution in [-0.2, 0) is 0 Å². The average Bonchev–Trinajstić information content (AvgIpc) is 2.47. The maximum absolute atomic E-state index is 12.3. The molecule has 2 aromatic carbocycles. The summed E-state index contributed by atoms with van der Waals surface area (Å²) in [4.78, 5) is 10.2. The third-order valence-electron chi connectivity index (χ3n) is 3.07. The van der Waals surface area contributed by atoms with Crippen LogP contribution in [0.25, 0.3) is 11.1 Å². The van der Waals surface area contributed by atoms with E-state index in [0.717, 1.165) is 6.07 Å². The van der Waals surface area contributed by atoms with Crippen LogP contribution in [-0.4, -0.2) is 16.6 Å². The van der Waals surface area contributed by atoms with Crippen molar-refractivity contribution in [1.29, 1.82) is 0 Å². The Hall–Kier alpha value is -2.54. The number of benzene rings is 2. The summed E-state index contributed by atoms with van der Waals surface area (Å²) in [6.45, 7) is -1.54. The fourth-order valence-corrected chi connectivity index (χ4v) is 2.01. The number of ether oxygens (including phenoxy) is 1. The Bertz CT molecular complexity index is 689. The van der Waals surface area contributed by atoms with Gasteiger partial charge in [0.15, 0.2) is 0 Å². The Morgan fingerprint density at radius 2 is 1.86 bits per heavy atom. The minimum absolute atomic E-state index is 0.468. The lowest BCUT2D eigenvalue weighted by Gasteiger charge is -2.09. The SMILES string of the molecule is CC(O)c1cccc(-c2ccc(OC(F)F)c([N+](=O)[O-])c2)c1. The van der Waals surface area contributed by atoms with E-state index >= 15 is 0 Å². The number of nitro benzene ring substituents is 1. The van der Waals surface area contributed by atoms with Crippen LogP contribution in [0.15, 0.2) is 42.5 Å². The molecular weight excluding hydrogens is 296 g/mol. The highest BCUT2D eigenvalue weighted by Gasteiger charge is 2.19. The van der Waals surface area contributed by atoms with E-state index in [-0.39, 0.29) is 0 Å². The maximum atomic E-state index is 12.3. The molecule has 116 valence electrons. The molecule has 2 rings (SSSR count). The van der Waals surface area contributed by atoms with Crippen molar-refractivity contribution in [2.24, 2.45) is 0 Å². The molecule has 2 aromatic rings. The molecule has 7 heteroatoms. The van der Waals surface area contributed by atoms with Crippen LogP contribution < -0.4 is 4.74 Å². The highest BCUT2D eigenvalue weighted by Crippen LogP contribution is 2.34. The molecule has 0 saturated carbocycles. The molecule has 1 unspecified atom stereocenters. The Labute approximate surface area is 124 Å². The first-order valence-corrected chi connectivity index (χ1v) is 6.40. The summed E-state index contributed by atoms with van der Waals surface area (Å²) in [6.07, 6.45) is -0.684. The van der Waals surface area contributed by atoms with Crippen LogP contribution in [0, 0.1) is 10.1 Å². The minimum Gasteiger partial charge on any atom is -0.427 e. The fraction of sp³-hybridized carbons (Fsp3) is 0.200. The lowest BCUT2D eigenvalue weighted by atomic mass is 10.0. The smallest absolute Gasteiger partial charge is 0.387 e. The van der Waals surface area contributed by atoms with E-state index in [4.69, 9.17) is 0 Å². The molecule has 0 aromatic heterocycles. The van der Waals surface area contributed by atoms with E-state index in [9.17, 15) is 24.0 Å². The predicted octanol–water partition coefficient (Wildman–Crippen LogP) is 3.92. The van der Waals surface area contributed by atoms with Gasteiger partial charge in [-0.05, 0) is 35.7 Å². The lowest BCUT2D eigenvalue weighted by molar-refractivity contribution is -0.386. The zero-order chi connectivity index (χ0) is 16.3. The first kappa shape index (κ1) is 15.8. The van der Waals surface area contributed by atoms with Gasteiger partial charge in [-0.2, -0.15) is 8.78 Å². The van der Waals surface area contributed by atoms with Gasteiger partial charge in [-0.1, -0.05) is 24.3 Å². The number of halogens is 2. The van der Waals surface area contributed by atoms with Gasteiger partial charge in [0.25, 0.3) is 0 Å². The monoisotopic (exact) mass is 309 g/mol. The van der Waals surface area contributed by atoms with E-state index < -0.39 is 29.1 Å². The van der Waals surface area contributed by atoms with Crippen molar-refractivity contribution in [1.82, 2.24) is 0 Å². The summed E-state index contributed by atoms with van der Waals surface area (Å²) in [5, 5.41) is 20.6. The lowest BCUT2D eigenvalue weighted by Crippen LogP contribution is -2.04. The van der Waals surface area contributed by atoms with Gasteiger partial charge >= 0.3 is 12.3 Å². The second-order valence-corrected chi connectivity index (χ2v) is 4.62. The fourth-order valence-electron chi connectivity index (χ4n) is 2.01. The summed E-state index contributed by atoms with van der Waals surface area (Å²) < 4.78 is 28.7. The van der Waals surface area contributed by atoms with Crippen molar-refractivity contribution in [2.45, 2.75) is 19.6 Å². The van der Waals surface area contributed by atoms with Gasteiger partial charge < -0.3 is 9.84 Å². The van der Waals surface area contributed by atoms with Crippen LogP contribution in [0.4, 0.5) is 14.5 Å². The number of hydrogen-bond donors (Lipinski definition) is 1. The van der Waals surface area contributed by atoms with Crippen LogP contribution in [0.1, 0.15) is 18.6 Å². The van der Waals surface area contributed by atoms with Gasteiger partial charge in [0.05, 0.1) is 11.0 Å². The van der Waals surface area contributed by atoms with Crippen molar-refractivity contribution in [2.75, 3.05) is 0 Å². The third kappa shape index (κ3) is 3.56. The second-order valence-electron chi connectivity index (χ2n) is 4.62. The molecule has 22 heavy (non-hydrogen) atoms. The molecule has 0 saturated heterocycles. The molecule has 0 radical (unpaired) electrons. The summed E-state index contributed by atoms with van der Waals surface area (Å²) in [7, 11) is 0. The van der Waals surface area contributed by atoms with Gasteiger partial charge in [0.2, 0.25) is 5.75 Å². The van der Waals surface area contributed by atoms with Crippen molar-refractivity contribution in [3.8, 4) is 16.9 Å². The van der Waals surface area contributed by atoms with Crippen molar-refractivity contribution >= 4 is 5.69 Å². The van der Waals surface area contributed by atoms with E-state index in [0.29, 0.717) is 16.7 Å². The first-order valence-electron chi connectivity index (χ1n) is 6.40. The highest BCUT2D eigenvalue weighted by atomic mass is 19.3. The van der Waals surface area contributed by atoms with Crippen LogP contribution in [0.2, 0.25) is 0 Å². The molecule has 0 aliphatic heterocycles. The molecule has 0 amide bonds. The molecular formula is C15H13F2NO4. The normalized spacial score (nSPS) is 12.2. The number of alkyl halides is 2. The predicted molar refractivity (Wildman–Crippen MR) is 75.8 cm³/mol. The second kappa shape index (κ2) is 6.48. The van der Waals surface area contributed by atoms with Gasteiger partial charge in [-0.25, -0.2) is 0 Å². The average molecular weight is 309 g/mol. The highest BCUT2D eigenvalue weighted by molar-refractivity contribution is 5.69. The van der Waals surface area contributed by atoms with Gasteiger partial charge in [-0.3, -0.25) is 10.1 Å². The molecule has 0 spiro atoms. The quantitative estimate of drug-likeness (QED) is 0.671. The first-order chi connectivity index (χ1) is 10.4. The Kier molecular flexibility index (Phi) is 4.67. The zero-order valence-corrected chi connectivity index (χ0v) is 11.6. The molecule has 1 N–H and O–H groups in total. The molecule has 0 fully saturated rings. The molecule has 1 atom stereocenters. The van der Waals surface area contributed by atoms with E-state index in [1.807, 2.05) is 0 Å². The zero-order valence-electron chi connectivity index (χ0n) is 11.6. The summed E-state index contributed by atoms with van der Waals surface area (Å²) >= 11 is 0. The Morgan fingerprint density at radius 1 is 1.18 bits per heavy atom. The molecule has 0 bridgehead atoms. The number of rotatable bonds is 5. The number of aliphatic hydroxyl groups is 1. The maximum Gasteiger partial charge on any atom is 0.387 e. The minimum atomic E-state index is -3.14. The molecule has 0 aliphatic carbocycles. The Balaban J connectivity index is 2.46. The van der Waals surface area contributed by atoms with E-state index in [1.165, 1.54) is 12.1 Å². The van der Waals surface area contributed by atoms with Crippen LogP contribution >= 0.6 is 0 Å². The van der Waals surface area contributed by atoms with Crippen molar-refractivity contribution < 1.29 is 23.5 Å². The number of nitro groups is 1. The number of hydrogen-bond acceptors (Lipinski definition) is 4. The number of aliphatic hydroxyl groups excluding tert-OH is 1. The molecule has 0 aliphatic rings. The topological polar surface area (TPSA) is 72.6 Å². The van der Waals surface area contributed by atoms with Crippen molar-refractivity contribution in [3.63, 3.8) is 0 Å². The van der Waals surface area contributed by atoms with Gasteiger partial charge in [0, 0.05) is 6.07 Å². The largest absolute Gasteiger partial charge is 0.427 e. The van der Waals surface area contributed by atoms with E-state index in [1.54, 1.807) is 31.2 Å². The molecule has 5 nitrogen and oxygen atoms in total. The van der Waals surface area contributed by atoms with Crippen molar-refractivity contribution in [3.05, 3.63) is 58.1 Å². The Morgan fingerprint density at radius 3 is 2.45 bits per heavy atom. The standard InChI is InChI=1S/C15H13F2NO4/c1-9(19)10-3-2-4-11(7-10)12-5-6-14(22-15(16)17)13(8-12)18(20)21/h2-9,15,19H,1H3.